The molecule has 0 spiro atoms. The third-order valence-corrected chi connectivity index (χ3v) is 2.42. The minimum atomic E-state index is -1.37. The Balaban J connectivity index is 2.37. The Morgan fingerprint density at radius 3 is 2.77 bits per heavy atom. The molecule has 0 unspecified atom stereocenters. The lowest BCUT2D eigenvalue weighted by atomic mass is 9.94. The maximum absolute atomic E-state index is 9.11. The second kappa shape index (κ2) is 3.40. The molecule has 0 aromatic heterocycles. The van der Waals surface area contributed by atoms with Gasteiger partial charge in [0.2, 0.25) is 0 Å². The first-order chi connectivity index (χ1) is 6.29. The van der Waals surface area contributed by atoms with Crippen LogP contribution in [0.4, 0.5) is 5.69 Å². The van der Waals surface area contributed by atoms with E-state index in [1.807, 2.05) is 24.3 Å². The molecule has 3 nitrogen and oxygen atoms in total. The summed E-state index contributed by atoms with van der Waals surface area (Å²) in [5, 5.41) is 18.2. The Bertz CT molecular complexity index is 303. The van der Waals surface area contributed by atoms with Gasteiger partial charge in [-0.3, -0.25) is 0 Å². The number of aryl methyl sites for hydroxylation is 1. The van der Waals surface area contributed by atoms with E-state index in [1.54, 1.807) is 4.81 Å². The number of rotatable bonds is 1. The fraction of sp³-hybridized carbons (Fsp3) is 0.333. The van der Waals surface area contributed by atoms with E-state index in [0.29, 0.717) is 6.54 Å². The van der Waals surface area contributed by atoms with E-state index in [0.717, 1.165) is 18.5 Å². The molecule has 0 atom stereocenters. The standard InChI is InChI=1S/C9H12BNO2/c12-10(13)11-7-3-5-8-4-1-2-6-9(8)11/h1-2,4,6,12-13H,3,5,7H2. The van der Waals surface area contributed by atoms with E-state index in [-0.39, 0.29) is 0 Å². The molecule has 1 aromatic carbocycles. The van der Waals surface area contributed by atoms with Gasteiger partial charge < -0.3 is 14.9 Å². The van der Waals surface area contributed by atoms with Crippen molar-refractivity contribution in [3.63, 3.8) is 0 Å². The predicted octanol–water partition coefficient (Wildman–Crippen LogP) is 0.409. The molecular weight excluding hydrogens is 165 g/mol. The van der Waals surface area contributed by atoms with Gasteiger partial charge in [0.15, 0.2) is 0 Å². The molecule has 0 radical (unpaired) electrons. The predicted molar refractivity (Wildman–Crippen MR) is 52.3 cm³/mol. The quantitative estimate of drug-likeness (QED) is 0.610. The van der Waals surface area contributed by atoms with Crippen LogP contribution in [0, 0.1) is 0 Å². The average molecular weight is 177 g/mol. The Morgan fingerprint density at radius 2 is 2.00 bits per heavy atom. The van der Waals surface area contributed by atoms with Gasteiger partial charge in [0.1, 0.15) is 0 Å². The first-order valence-electron chi connectivity index (χ1n) is 4.50. The lowest BCUT2D eigenvalue weighted by Crippen LogP contribution is -2.42. The summed E-state index contributed by atoms with van der Waals surface area (Å²) in [6.45, 7) is 0.717. The highest BCUT2D eigenvalue weighted by atomic mass is 16.4. The molecule has 13 heavy (non-hydrogen) atoms. The normalized spacial score (nSPS) is 15.4. The molecule has 0 saturated carbocycles. The van der Waals surface area contributed by atoms with Crippen molar-refractivity contribution in [3.05, 3.63) is 29.8 Å². The minimum Gasteiger partial charge on any atom is -0.408 e. The van der Waals surface area contributed by atoms with Crippen molar-refractivity contribution in [2.24, 2.45) is 0 Å². The summed E-state index contributed by atoms with van der Waals surface area (Å²) < 4.78 is 0. The van der Waals surface area contributed by atoms with Crippen molar-refractivity contribution < 1.29 is 10.0 Å². The lowest BCUT2D eigenvalue weighted by molar-refractivity contribution is 0.398. The van der Waals surface area contributed by atoms with Gasteiger partial charge in [-0.25, -0.2) is 0 Å². The molecule has 0 saturated heterocycles. The van der Waals surface area contributed by atoms with Crippen LogP contribution in [-0.2, 0) is 6.42 Å². The van der Waals surface area contributed by atoms with Gasteiger partial charge in [0, 0.05) is 12.2 Å². The summed E-state index contributed by atoms with van der Waals surface area (Å²) in [6.07, 6.45) is 2.01. The Labute approximate surface area is 77.8 Å². The highest BCUT2D eigenvalue weighted by Gasteiger charge is 2.25. The average Bonchev–Trinajstić information content (AvgIpc) is 2.17. The third-order valence-electron chi connectivity index (χ3n) is 2.42. The molecule has 0 aliphatic carbocycles. The molecule has 2 rings (SSSR count). The van der Waals surface area contributed by atoms with Crippen LogP contribution in [-0.4, -0.2) is 23.8 Å². The fourth-order valence-corrected chi connectivity index (χ4v) is 1.80. The maximum Gasteiger partial charge on any atom is 0.587 e. The second-order valence-electron chi connectivity index (χ2n) is 3.27. The highest BCUT2D eigenvalue weighted by Crippen LogP contribution is 2.26. The van der Waals surface area contributed by atoms with Crippen LogP contribution in [0.1, 0.15) is 12.0 Å². The molecule has 1 heterocycles. The SMILES string of the molecule is OB(O)N1CCCc2ccccc21. The van der Waals surface area contributed by atoms with Crippen molar-refractivity contribution in [1.82, 2.24) is 0 Å². The van der Waals surface area contributed by atoms with Crippen LogP contribution in [0.3, 0.4) is 0 Å². The maximum atomic E-state index is 9.11. The second-order valence-corrected chi connectivity index (χ2v) is 3.27. The van der Waals surface area contributed by atoms with Gasteiger partial charge in [-0.2, -0.15) is 0 Å². The van der Waals surface area contributed by atoms with Crippen LogP contribution in [0.25, 0.3) is 0 Å². The van der Waals surface area contributed by atoms with Gasteiger partial charge >= 0.3 is 7.25 Å². The largest absolute Gasteiger partial charge is 0.587 e. The summed E-state index contributed by atoms with van der Waals surface area (Å²) >= 11 is 0. The number of anilines is 1. The Hall–Kier alpha value is -0.995. The van der Waals surface area contributed by atoms with Crippen molar-refractivity contribution in [3.8, 4) is 0 Å². The van der Waals surface area contributed by atoms with Gasteiger partial charge in [0.05, 0.1) is 0 Å². The van der Waals surface area contributed by atoms with Gasteiger partial charge in [-0.05, 0) is 24.5 Å². The zero-order valence-corrected chi connectivity index (χ0v) is 7.35. The van der Waals surface area contributed by atoms with Crippen molar-refractivity contribution in [2.45, 2.75) is 12.8 Å². The van der Waals surface area contributed by atoms with Crippen molar-refractivity contribution in [2.75, 3.05) is 11.4 Å². The topological polar surface area (TPSA) is 43.7 Å². The smallest absolute Gasteiger partial charge is 0.408 e. The molecule has 1 aliphatic heterocycles. The van der Waals surface area contributed by atoms with Crippen LogP contribution in [0.15, 0.2) is 24.3 Å². The molecule has 68 valence electrons. The van der Waals surface area contributed by atoms with Gasteiger partial charge in [-0.15, -0.1) is 0 Å². The zero-order chi connectivity index (χ0) is 9.26. The lowest BCUT2D eigenvalue weighted by Gasteiger charge is -2.30. The number of hydrogen-bond acceptors (Lipinski definition) is 3. The summed E-state index contributed by atoms with van der Waals surface area (Å²) in [4.78, 5) is 1.61. The van der Waals surface area contributed by atoms with Crippen LogP contribution < -0.4 is 4.81 Å². The fourth-order valence-electron chi connectivity index (χ4n) is 1.80. The Morgan fingerprint density at radius 1 is 1.23 bits per heavy atom. The number of benzene rings is 1. The monoisotopic (exact) mass is 177 g/mol. The summed E-state index contributed by atoms with van der Waals surface area (Å²) in [6, 6.07) is 7.85. The third kappa shape index (κ3) is 1.55. The molecule has 1 aromatic rings. The summed E-state index contributed by atoms with van der Waals surface area (Å²) in [5.41, 5.74) is 2.14. The van der Waals surface area contributed by atoms with E-state index in [2.05, 4.69) is 0 Å². The Kier molecular flexibility index (Phi) is 2.25. The molecule has 1 aliphatic rings. The first-order valence-corrected chi connectivity index (χ1v) is 4.50. The van der Waals surface area contributed by atoms with Crippen LogP contribution >= 0.6 is 0 Å². The minimum absolute atomic E-state index is 0.717. The summed E-state index contributed by atoms with van der Waals surface area (Å²) in [7, 11) is -1.37. The number of fused-ring (bicyclic) bond motifs is 1. The number of para-hydroxylation sites is 1. The first kappa shape index (κ1) is 8.60. The van der Waals surface area contributed by atoms with E-state index < -0.39 is 7.25 Å². The van der Waals surface area contributed by atoms with Crippen molar-refractivity contribution in [1.29, 1.82) is 0 Å². The van der Waals surface area contributed by atoms with E-state index >= 15 is 0 Å². The highest BCUT2D eigenvalue weighted by molar-refractivity contribution is 6.47. The van der Waals surface area contributed by atoms with Crippen molar-refractivity contribution >= 4 is 12.9 Å². The molecular formula is C9H12BNO2. The number of nitrogens with zero attached hydrogens (tertiary/aromatic N) is 1. The van der Waals surface area contributed by atoms with Gasteiger partial charge in [0.25, 0.3) is 0 Å². The molecule has 0 fully saturated rings. The zero-order valence-electron chi connectivity index (χ0n) is 7.35. The van der Waals surface area contributed by atoms with Crippen LogP contribution in [0.5, 0.6) is 0 Å². The van der Waals surface area contributed by atoms with E-state index in [4.69, 9.17) is 10.0 Å². The number of hydrogen-bond donors (Lipinski definition) is 2. The molecule has 2 N–H and O–H groups in total. The van der Waals surface area contributed by atoms with E-state index in [9.17, 15) is 0 Å². The summed E-state index contributed by atoms with van der Waals surface area (Å²) in [5.74, 6) is 0. The molecule has 0 bridgehead atoms. The van der Waals surface area contributed by atoms with Gasteiger partial charge in [-0.1, -0.05) is 18.2 Å². The van der Waals surface area contributed by atoms with Crippen LogP contribution in [0.2, 0.25) is 0 Å². The molecule has 4 heteroatoms. The van der Waals surface area contributed by atoms with E-state index in [1.165, 1.54) is 5.56 Å². The molecule has 0 amide bonds.